The highest BCUT2D eigenvalue weighted by atomic mass is 79.9. The fourth-order valence-electron chi connectivity index (χ4n) is 1.75. The minimum absolute atomic E-state index is 0.382. The Bertz CT molecular complexity index is 617. The van der Waals surface area contributed by atoms with Crippen LogP contribution in [0.1, 0.15) is 17.2 Å². The lowest BCUT2D eigenvalue weighted by Gasteiger charge is -2.14. The Hall–Kier alpha value is -1.50. The van der Waals surface area contributed by atoms with Crippen molar-refractivity contribution in [1.29, 1.82) is 5.26 Å². The van der Waals surface area contributed by atoms with Crippen molar-refractivity contribution in [3.63, 3.8) is 0 Å². The molecule has 0 fully saturated rings. The first-order valence-corrected chi connectivity index (χ1v) is 6.95. The second-order valence-electron chi connectivity index (χ2n) is 4.22. The molecule has 4 heteroatoms. The van der Waals surface area contributed by atoms with E-state index >= 15 is 0 Å². The SMILES string of the molecule is Cc1cc(C(C#N)Nc2ccc(Cl)cc2)ccc1Br. The molecule has 0 saturated heterocycles. The molecule has 2 nitrogen and oxygen atoms in total. The van der Waals surface area contributed by atoms with Gasteiger partial charge in [0.25, 0.3) is 0 Å². The van der Waals surface area contributed by atoms with Gasteiger partial charge in [-0.15, -0.1) is 0 Å². The molecule has 0 aromatic heterocycles. The largest absolute Gasteiger partial charge is 0.366 e. The van der Waals surface area contributed by atoms with Gasteiger partial charge in [-0.25, -0.2) is 0 Å². The van der Waals surface area contributed by atoms with E-state index in [-0.39, 0.29) is 6.04 Å². The van der Waals surface area contributed by atoms with Gasteiger partial charge in [-0.1, -0.05) is 39.7 Å². The molecule has 1 atom stereocenters. The number of anilines is 1. The first-order chi connectivity index (χ1) is 9.10. The predicted molar refractivity (Wildman–Crippen MR) is 82.3 cm³/mol. The highest BCUT2D eigenvalue weighted by molar-refractivity contribution is 9.10. The summed E-state index contributed by atoms with van der Waals surface area (Å²) >= 11 is 9.30. The van der Waals surface area contributed by atoms with E-state index in [4.69, 9.17) is 11.6 Å². The van der Waals surface area contributed by atoms with Gasteiger partial charge in [-0.3, -0.25) is 0 Å². The van der Waals surface area contributed by atoms with Crippen molar-refractivity contribution in [1.82, 2.24) is 0 Å². The average molecular weight is 336 g/mol. The predicted octanol–water partition coefficient (Wildman–Crippen LogP) is 5.09. The van der Waals surface area contributed by atoms with Crippen LogP contribution in [0.15, 0.2) is 46.9 Å². The molecule has 19 heavy (non-hydrogen) atoms. The molecule has 1 unspecified atom stereocenters. The zero-order valence-corrected chi connectivity index (χ0v) is 12.7. The smallest absolute Gasteiger partial charge is 0.140 e. The Morgan fingerprint density at radius 3 is 2.47 bits per heavy atom. The van der Waals surface area contributed by atoms with E-state index in [0.29, 0.717) is 5.02 Å². The van der Waals surface area contributed by atoms with Gasteiger partial charge < -0.3 is 5.32 Å². The summed E-state index contributed by atoms with van der Waals surface area (Å²) in [6, 6.07) is 15.1. The number of nitrogens with one attached hydrogen (secondary N) is 1. The Morgan fingerprint density at radius 1 is 1.21 bits per heavy atom. The van der Waals surface area contributed by atoms with Crippen molar-refractivity contribution >= 4 is 33.2 Å². The maximum atomic E-state index is 9.31. The quantitative estimate of drug-likeness (QED) is 0.848. The molecule has 0 radical (unpaired) electrons. The normalized spacial score (nSPS) is 11.7. The van der Waals surface area contributed by atoms with Gasteiger partial charge in [0.1, 0.15) is 6.04 Å². The Kier molecular flexibility index (Phi) is 4.47. The van der Waals surface area contributed by atoms with Gasteiger partial charge in [-0.05, 0) is 48.4 Å². The Labute approximate surface area is 126 Å². The van der Waals surface area contributed by atoms with Crippen molar-refractivity contribution < 1.29 is 0 Å². The molecule has 0 aliphatic carbocycles. The fourth-order valence-corrected chi connectivity index (χ4v) is 2.12. The minimum atomic E-state index is -0.382. The van der Waals surface area contributed by atoms with Crippen LogP contribution < -0.4 is 5.32 Å². The standard InChI is InChI=1S/C15H12BrClN2/c1-10-8-11(2-7-14(10)16)15(9-18)19-13-5-3-12(17)4-6-13/h2-8,15,19H,1H3. The van der Waals surface area contributed by atoms with Gasteiger partial charge in [0, 0.05) is 15.2 Å². The Balaban J connectivity index is 2.23. The summed E-state index contributed by atoms with van der Waals surface area (Å²) in [5.41, 5.74) is 2.92. The average Bonchev–Trinajstić information content (AvgIpc) is 2.41. The molecule has 96 valence electrons. The number of hydrogen-bond acceptors (Lipinski definition) is 2. The Morgan fingerprint density at radius 2 is 1.89 bits per heavy atom. The summed E-state index contributed by atoms with van der Waals surface area (Å²) < 4.78 is 1.04. The van der Waals surface area contributed by atoms with E-state index in [2.05, 4.69) is 27.3 Å². The molecule has 1 N–H and O–H groups in total. The molecule has 2 aromatic carbocycles. The lowest BCUT2D eigenvalue weighted by atomic mass is 10.1. The van der Waals surface area contributed by atoms with Gasteiger partial charge in [0.15, 0.2) is 0 Å². The second-order valence-corrected chi connectivity index (χ2v) is 5.51. The minimum Gasteiger partial charge on any atom is -0.366 e. The van der Waals surface area contributed by atoms with Crippen molar-refractivity contribution in [2.45, 2.75) is 13.0 Å². The molecule has 0 aliphatic heterocycles. The van der Waals surface area contributed by atoms with E-state index in [9.17, 15) is 5.26 Å². The van der Waals surface area contributed by atoms with E-state index < -0.39 is 0 Å². The highest BCUT2D eigenvalue weighted by Crippen LogP contribution is 2.24. The zero-order chi connectivity index (χ0) is 13.8. The number of halogens is 2. The molecule has 0 amide bonds. The molecule has 0 bridgehead atoms. The summed E-state index contributed by atoms with van der Waals surface area (Å²) in [6.45, 7) is 2.00. The second kappa shape index (κ2) is 6.10. The first-order valence-electron chi connectivity index (χ1n) is 5.78. The highest BCUT2D eigenvalue weighted by Gasteiger charge is 2.11. The molecule has 0 heterocycles. The number of nitrogens with zero attached hydrogens (tertiary/aromatic N) is 1. The van der Waals surface area contributed by atoms with Crippen LogP contribution in [0.4, 0.5) is 5.69 Å². The summed E-state index contributed by atoms with van der Waals surface area (Å²) in [7, 11) is 0. The number of nitriles is 1. The van der Waals surface area contributed by atoms with Crippen LogP contribution >= 0.6 is 27.5 Å². The topological polar surface area (TPSA) is 35.8 Å². The van der Waals surface area contributed by atoms with Crippen molar-refractivity contribution in [3.05, 3.63) is 63.1 Å². The lowest BCUT2D eigenvalue weighted by molar-refractivity contribution is 0.993. The van der Waals surface area contributed by atoms with E-state index in [0.717, 1.165) is 21.3 Å². The van der Waals surface area contributed by atoms with Crippen LogP contribution in [-0.4, -0.2) is 0 Å². The summed E-state index contributed by atoms with van der Waals surface area (Å²) in [4.78, 5) is 0. The number of rotatable bonds is 3. The van der Waals surface area contributed by atoms with Crippen LogP contribution in [0.2, 0.25) is 5.02 Å². The monoisotopic (exact) mass is 334 g/mol. The van der Waals surface area contributed by atoms with Crippen molar-refractivity contribution in [2.24, 2.45) is 0 Å². The molecular formula is C15H12BrClN2. The molecular weight excluding hydrogens is 324 g/mol. The third-order valence-corrected chi connectivity index (χ3v) is 3.94. The van der Waals surface area contributed by atoms with Crippen LogP contribution in [0, 0.1) is 18.3 Å². The molecule has 0 saturated carbocycles. The maximum absolute atomic E-state index is 9.31. The number of aryl methyl sites for hydroxylation is 1. The van der Waals surface area contributed by atoms with Gasteiger partial charge >= 0.3 is 0 Å². The zero-order valence-electron chi connectivity index (χ0n) is 10.3. The lowest BCUT2D eigenvalue weighted by Crippen LogP contribution is -2.08. The first kappa shape index (κ1) is 13.9. The van der Waals surface area contributed by atoms with Crippen LogP contribution in [0.3, 0.4) is 0 Å². The van der Waals surface area contributed by atoms with E-state index in [1.165, 1.54) is 0 Å². The summed E-state index contributed by atoms with van der Waals surface area (Å²) in [6.07, 6.45) is 0. The van der Waals surface area contributed by atoms with Crippen molar-refractivity contribution in [2.75, 3.05) is 5.32 Å². The van der Waals surface area contributed by atoms with Gasteiger partial charge in [0.05, 0.1) is 6.07 Å². The van der Waals surface area contributed by atoms with Crippen LogP contribution in [-0.2, 0) is 0 Å². The summed E-state index contributed by atoms with van der Waals surface area (Å²) in [5, 5.41) is 13.2. The molecule has 2 aromatic rings. The molecule has 0 spiro atoms. The maximum Gasteiger partial charge on any atom is 0.140 e. The van der Waals surface area contributed by atoms with E-state index in [1.54, 1.807) is 12.1 Å². The summed E-state index contributed by atoms with van der Waals surface area (Å²) in [5.74, 6) is 0. The number of benzene rings is 2. The van der Waals surface area contributed by atoms with Crippen LogP contribution in [0.5, 0.6) is 0 Å². The molecule has 2 rings (SSSR count). The number of hydrogen-bond donors (Lipinski definition) is 1. The fraction of sp³-hybridized carbons (Fsp3) is 0.133. The van der Waals surface area contributed by atoms with Crippen LogP contribution in [0.25, 0.3) is 0 Å². The van der Waals surface area contributed by atoms with Gasteiger partial charge in [-0.2, -0.15) is 5.26 Å². The third kappa shape index (κ3) is 3.50. The third-order valence-electron chi connectivity index (χ3n) is 2.80. The van der Waals surface area contributed by atoms with Crippen molar-refractivity contribution in [3.8, 4) is 6.07 Å². The molecule has 0 aliphatic rings. The van der Waals surface area contributed by atoms with E-state index in [1.807, 2.05) is 37.3 Å². The van der Waals surface area contributed by atoms with Gasteiger partial charge in [0.2, 0.25) is 0 Å².